The molecule has 7 nitrogen and oxygen atoms in total. The second-order valence-electron chi connectivity index (χ2n) is 6.24. The molecular formula is C20H23N3O4. The van der Waals surface area contributed by atoms with Crippen molar-refractivity contribution >= 4 is 29.1 Å². The fraction of sp³-hybridized carbons (Fsp3) is 0.250. The summed E-state index contributed by atoms with van der Waals surface area (Å²) in [7, 11) is 4.79. The Hall–Kier alpha value is -3.19. The molecule has 0 aliphatic heterocycles. The topological polar surface area (TPSA) is 87.7 Å². The summed E-state index contributed by atoms with van der Waals surface area (Å²) in [6.07, 6.45) is 0. The van der Waals surface area contributed by atoms with E-state index in [0.717, 1.165) is 5.56 Å². The van der Waals surface area contributed by atoms with Gasteiger partial charge in [-0.05, 0) is 48.9 Å². The predicted octanol–water partition coefficient (Wildman–Crippen LogP) is 2.53. The second-order valence-corrected chi connectivity index (χ2v) is 6.24. The number of amides is 3. The Kier molecular flexibility index (Phi) is 6.67. The van der Waals surface area contributed by atoms with Crippen molar-refractivity contribution in [2.75, 3.05) is 38.4 Å². The van der Waals surface area contributed by atoms with Gasteiger partial charge in [0.25, 0.3) is 11.8 Å². The SMILES string of the molecule is COCC(=O)Nc1ccc(C(=O)Nc2cc(C(=O)N(C)C)ccc2C)cc1. The van der Waals surface area contributed by atoms with Gasteiger partial charge in [-0.3, -0.25) is 14.4 Å². The lowest BCUT2D eigenvalue weighted by Gasteiger charge is -2.14. The molecule has 0 aliphatic rings. The van der Waals surface area contributed by atoms with Gasteiger partial charge in [0, 0.05) is 43.7 Å². The number of aryl methyl sites for hydroxylation is 1. The lowest BCUT2D eigenvalue weighted by molar-refractivity contribution is -0.119. The largest absolute Gasteiger partial charge is 0.375 e. The number of hydrogen-bond acceptors (Lipinski definition) is 4. The van der Waals surface area contributed by atoms with Crippen LogP contribution in [0.1, 0.15) is 26.3 Å². The van der Waals surface area contributed by atoms with Crippen LogP contribution in [0, 0.1) is 6.92 Å². The molecule has 0 aliphatic carbocycles. The number of carbonyl (C=O) groups excluding carboxylic acids is 3. The van der Waals surface area contributed by atoms with Crippen LogP contribution in [0.3, 0.4) is 0 Å². The van der Waals surface area contributed by atoms with Crippen molar-refractivity contribution in [1.29, 1.82) is 0 Å². The molecule has 3 amide bonds. The number of hydrogen-bond donors (Lipinski definition) is 2. The monoisotopic (exact) mass is 369 g/mol. The molecule has 2 rings (SSSR count). The van der Waals surface area contributed by atoms with E-state index in [4.69, 9.17) is 4.74 Å². The number of benzene rings is 2. The molecule has 2 aromatic rings. The zero-order valence-electron chi connectivity index (χ0n) is 15.8. The predicted molar refractivity (Wildman–Crippen MR) is 104 cm³/mol. The van der Waals surface area contributed by atoms with Crippen LogP contribution in [-0.2, 0) is 9.53 Å². The van der Waals surface area contributed by atoms with E-state index in [-0.39, 0.29) is 24.3 Å². The third-order valence-electron chi connectivity index (χ3n) is 3.85. The van der Waals surface area contributed by atoms with Crippen LogP contribution in [0.25, 0.3) is 0 Å². The molecule has 2 aromatic carbocycles. The van der Waals surface area contributed by atoms with E-state index in [1.54, 1.807) is 56.6 Å². The number of nitrogens with zero attached hydrogens (tertiary/aromatic N) is 1. The highest BCUT2D eigenvalue weighted by atomic mass is 16.5. The minimum Gasteiger partial charge on any atom is -0.375 e. The standard InChI is InChI=1S/C20H23N3O4/c1-13-5-6-15(20(26)23(2)3)11-17(13)22-19(25)14-7-9-16(10-8-14)21-18(24)12-27-4/h5-11H,12H2,1-4H3,(H,21,24)(H,22,25). The molecule has 0 bridgehead atoms. The van der Waals surface area contributed by atoms with Crippen molar-refractivity contribution in [1.82, 2.24) is 4.90 Å². The highest BCUT2D eigenvalue weighted by Gasteiger charge is 2.13. The van der Waals surface area contributed by atoms with E-state index in [0.29, 0.717) is 22.5 Å². The molecule has 0 radical (unpaired) electrons. The van der Waals surface area contributed by atoms with E-state index in [1.165, 1.54) is 12.0 Å². The number of ether oxygens (including phenoxy) is 1. The Bertz CT molecular complexity index is 845. The highest BCUT2D eigenvalue weighted by Crippen LogP contribution is 2.19. The summed E-state index contributed by atoms with van der Waals surface area (Å²) >= 11 is 0. The van der Waals surface area contributed by atoms with E-state index < -0.39 is 0 Å². The molecule has 142 valence electrons. The maximum absolute atomic E-state index is 12.5. The number of nitrogens with one attached hydrogen (secondary N) is 2. The van der Waals surface area contributed by atoms with Crippen LogP contribution in [0.2, 0.25) is 0 Å². The normalized spacial score (nSPS) is 10.2. The summed E-state index contributed by atoms with van der Waals surface area (Å²) in [6, 6.07) is 11.7. The summed E-state index contributed by atoms with van der Waals surface area (Å²) in [5.41, 5.74) is 2.93. The van der Waals surface area contributed by atoms with E-state index >= 15 is 0 Å². The molecule has 0 saturated carbocycles. The smallest absolute Gasteiger partial charge is 0.255 e. The van der Waals surface area contributed by atoms with Gasteiger partial charge in [-0.15, -0.1) is 0 Å². The summed E-state index contributed by atoms with van der Waals surface area (Å²) in [5, 5.41) is 5.48. The van der Waals surface area contributed by atoms with Gasteiger partial charge in [0.2, 0.25) is 5.91 Å². The Morgan fingerprint density at radius 2 is 1.59 bits per heavy atom. The highest BCUT2D eigenvalue weighted by molar-refractivity contribution is 6.06. The van der Waals surface area contributed by atoms with E-state index in [9.17, 15) is 14.4 Å². The molecule has 0 aromatic heterocycles. The van der Waals surface area contributed by atoms with E-state index in [2.05, 4.69) is 10.6 Å². The van der Waals surface area contributed by atoms with Crippen molar-refractivity contribution in [3.63, 3.8) is 0 Å². The van der Waals surface area contributed by atoms with Gasteiger partial charge in [-0.1, -0.05) is 6.07 Å². The minimum absolute atomic E-state index is 0.0382. The van der Waals surface area contributed by atoms with Crippen molar-refractivity contribution in [2.24, 2.45) is 0 Å². The molecule has 0 atom stereocenters. The van der Waals surface area contributed by atoms with Crippen LogP contribution in [-0.4, -0.2) is 50.4 Å². The summed E-state index contributed by atoms with van der Waals surface area (Å²) in [5.74, 6) is -0.711. The van der Waals surface area contributed by atoms with Crippen LogP contribution < -0.4 is 10.6 Å². The molecule has 27 heavy (non-hydrogen) atoms. The molecular weight excluding hydrogens is 346 g/mol. The third kappa shape index (κ3) is 5.39. The number of carbonyl (C=O) groups is 3. The lowest BCUT2D eigenvalue weighted by Crippen LogP contribution is -2.22. The second kappa shape index (κ2) is 8.95. The van der Waals surface area contributed by atoms with Gasteiger partial charge in [0.15, 0.2) is 0 Å². The zero-order valence-corrected chi connectivity index (χ0v) is 15.8. The maximum Gasteiger partial charge on any atom is 0.255 e. The molecule has 7 heteroatoms. The molecule has 2 N–H and O–H groups in total. The first-order chi connectivity index (χ1) is 12.8. The van der Waals surface area contributed by atoms with Crippen molar-refractivity contribution < 1.29 is 19.1 Å². The van der Waals surface area contributed by atoms with Crippen LogP contribution in [0.15, 0.2) is 42.5 Å². The number of methoxy groups -OCH3 is 1. The van der Waals surface area contributed by atoms with Crippen LogP contribution in [0.5, 0.6) is 0 Å². The average molecular weight is 369 g/mol. The first kappa shape index (κ1) is 20.1. The Balaban J connectivity index is 2.12. The van der Waals surface area contributed by atoms with Crippen LogP contribution in [0.4, 0.5) is 11.4 Å². The lowest BCUT2D eigenvalue weighted by atomic mass is 10.1. The molecule has 0 fully saturated rings. The van der Waals surface area contributed by atoms with Gasteiger partial charge < -0.3 is 20.3 Å². The third-order valence-corrected chi connectivity index (χ3v) is 3.85. The summed E-state index contributed by atoms with van der Waals surface area (Å²) in [4.78, 5) is 37.6. The fourth-order valence-electron chi connectivity index (χ4n) is 2.38. The van der Waals surface area contributed by atoms with E-state index in [1.807, 2.05) is 6.92 Å². The van der Waals surface area contributed by atoms with Gasteiger partial charge in [-0.2, -0.15) is 0 Å². The van der Waals surface area contributed by atoms with Crippen molar-refractivity contribution in [2.45, 2.75) is 6.92 Å². The Morgan fingerprint density at radius 3 is 2.19 bits per heavy atom. The van der Waals surface area contributed by atoms with Crippen molar-refractivity contribution in [3.8, 4) is 0 Å². The molecule has 0 heterocycles. The van der Waals surface area contributed by atoms with Gasteiger partial charge >= 0.3 is 0 Å². The van der Waals surface area contributed by atoms with Gasteiger partial charge in [0.05, 0.1) is 0 Å². The first-order valence-corrected chi connectivity index (χ1v) is 8.34. The molecule has 0 saturated heterocycles. The maximum atomic E-state index is 12.5. The average Bonchev–Trinajstić information content (AvgIpc) is 2.63. The number of rotatable bonds is 6. The first-order valence-electron chi connectivity index (χ1n) is 8.34. The van der Waals surface area contributed by atoms with Crippen LogP contribution >= 0.6 is 0 Å². The number of anilines is 2. The zero-order chi connectivity index (χ0) is 20.0. The van der Waals surface area contributed by atoms with Crippen molar-refractivity contribution in [3.05, 3.63) is 59.2 Å². The van der Waals surface area contributed by atoms with Gasteiger partial charge in [0.1, 0.15) is 6.61 Å². The fourth-order valence-corrected chi connectivity index (χ4v) is 2.38. The Labute approximate surface area is 158 Å². The molecule has 0 spiro atoms. The summed E-state index contributed by atoms with van der Waals surface area (Å²) < 4.78 is 4.75. The quantitative estimate of drug-likeness (QED) is 0.819. The summed E-state index contributed by atoms with van der Waals surface area (Å²) in [6.45, 7) is 1.82. The minimum atomic E-state index is -0.303. The molecule has 0 unspecified atom stereocenters. The van der Waals surface area contributed by atoms with Gasteiger partial charge in [-0.25, -0.2) is 0 Å². The Morgan fingerprint density at radius 1 is 0.963 bits per heavy atom.